The van der Waals surface area contributed by atoms with Crippen LogP contribution in [0.15, 0.2) is 30.3 Å². The number of hydrogen-bond donors (Lipinski definition) is 1. The van der Waals surface area contributed by atoms with Gasteiger partial charge in [-0.25, -0.2) is 4.39 Å². The Kier molecular flexibility index (Phi) is 4.93. The highest BCUT2D eigenvalue weighted by molar-refractivity contribution is 5.68. The van der Waals surface area contributed by atoms with E-state index in [9.17, 15) is 4.39 Å². The van der Waals surface area contributed by atoms with Gasteiger partial charge in [0.05, 0.1) is 28.4 Å². The summed E-state index contributed by atoms with van der Waals surface area (Å²) in [6.07, 6.45) is 0. The van der Waals surface area contributed by atoms with Gasteiger partial charge in [0, 0.05) is 29.6 Å². The van der Waals surface area contributed by atoms with Crippen LogP contribution in [-0.2, 0) is 0 Å². The molecule has 118 valence electrons. The molecule has 0 amide bonds. The second kappa shape index (κ2) is 6.89. The molecule has 0 aromatic heterocycles. The number of rotatable bonds is 6. The molecule has 0 saturated carbocycles. The van der Waals surface area contributed by atoms with Gasteiger partial charge in [-0.05, 0) is 12.1 Å². The van der Waals surface area contributed by atoms with E-state index in [0.717, 1.165) is 0 Å². The minimum absolute atomic E-state index is 0.190. The largest absolute Gasteiger partial charge is 0.494 e. The average molecular weight is 307 g/mol. The lowest BCUT2D eigenvalue weighted by molar-refractivity contribution is 0.324. The van der Waals surface area contributed by atoms with Crippen molar-refractivity contribution in [2.75, 3.05) is 33.8 Å². The van der Waals surface area contributed by atoms with Crippen LogP contribution in [0.1, 0.15) is 0 Å². The van der Waals surface area contributed by atoms with Crippen LogP contribution in [-0.4, -0.2) is 28.4 Å². The summed E-state index contributed by atoms with van der Waals surface area (Å²) in [5.74, 6) is 1.27. The molecule has 0 radical (unpaired) electrons. The zero-order chi connectivity index (χ0) is 16.1. The molecule has 2 rings (SSSR count). The number of ether oxygens (including phenoxy) is 4. The maximum absolute atomic E-state index is 13.7. The molecule has 0 atom stereocenters. The molecule has 0 fully saturated rings. The zero-order valence-electron chi connectivity index (χ0n) is 12.9. The highest BCUT2D eigenvalue weighted by atomic mass is 19.1. The van der Waals surface area contributed by atoms with Crippen molar-refractivity contribution in [2.45, 2.75) is 0 Å². The normalized spacial score (nSPS) is 10.0. The van der Waals surface area contributed by atoms with Crippen LogP contribution in [0.2, 0.25) is 0 Å². The van der Waals surface area contributed by atoms with Gasteiger partial charge in [-0.2, -0.15) is 0 Å². The Morgan fingerprint density at radius 3 is 1.77 bits per heavy atom. The van der Waals surface area contributed by atoms with Gasteiger partial charge in [-0.1, -0.05) is 0 Å². The van der Waals surface area contributed by atoms with Crippen molar-refractivity contribution in [2.24, 2.45) is 0 Å². The molecule has 2 aromatic carbocycles. The van der Waals surface area contributed by atoms with E-state index in [-0.39, 0.29) is 5.75 Å². The van der Waals surface area contributed by atoms with Gasteiger partial charge in [-0.3, -0.25) is 0 Å². The molecule has 0 unspecified atom stereocenters. The molecule has 2 aromatic rings. The number of halogens is 1. The molecule has 0 saturated heterocycles. The summed E-state index contributed by atoms with van der Waals surface area (Å²) in [4.78, 5) is 0. The standard InChI is InChI=1S/C16H18FNO4/c1-19-13-6-5-10(7-12(13)17)18-11-8-14(20-2)16(22-4)15(9-11)21-3/h5-9,18H,1-4H3. The Labute approximate surface area is 128 Å². The van der Waals surface area contributed by atoms with Gasteiger partial charge in [0.15, 0.2) is 23.1 Å². The molecule has 6 heteroatoms. The minimum Gasteiger partial charge on any atom is -0.494 e. The summed E-state index contributed by atoms with van der Waals surface area (Å²) in [5, 5.41) is 3.09. The molecular weight excluding hydrogens is 289 g/mol. The molecule has 5 nitrogen and oxygen atoms in total. The van der Waals surface area contributed by atoms with Gasteiger partial charge in [-0.15, -0.1) is 0 Å². The number of hydrogen-bond acceptors (Lipinski definition) is 5. The summed E-state index contributed by atoms with van der Waals surface area (Å²) in [7, 11) is 6.03. The van der Waals surface area contributed by atoms with Crippen molar-refractivity contribution in [3.8, 4) is 23.0 Å². The third-order valence-electron chi connectivity index (χ3n) is 3.11. The Morgan fingerprint density at radius 1 is 0.727 bits per heavy atom. The molecule has 0 spiro atoms. The highest BCUT2D eigenvalue weighted by Crippen LogP contribution is 2.40. The third-order valence-corrected chi connectivity index (χ3v) is 3.11. The molecule has 0 aliphatic heterocycles. The Morgan fingerprint density at radius 2 is 1.32 bits per heavy atom. The highest BCUT2D eigenvalue weighted by Gasteiger charge is 2.13. The third kappa shape index (κ3) is 3.16. The molecular formula is C16H18FNO4. The van der Waals surface area contributed by atoms with Gasteiger partial charge in [0.2, 0.25) is 5.75 Å². The van der Waals surface area contributed by atoms with Crippen LogP contribution in [0, 0.1) is 5.82 Å². The van der Waals surface area contributed by atoms with Crippen molar-refractivity contribution < 1.29 is 23.3 Å². The van der Waals surface area contributed by atoms with Gasteiger partial charge >= 0.3 is 0 Å². The predicted molar refractivity (Wildman–Crippen MR) is 82.3 cm³/mol. The summed E-state index contributed by atoms with van der Waals surface area (Å²) in [6, 6.07) is 8.09. The summed E-state index contributed by atoms with van der Waals surface area (Å²) >= 11 is 0. The van der Waals surface area contributed by atoms with Crippen LogP contribution in [0.3, 0.4) is 0 Å². The number of anilines is 2. The lowest BCUT2D eigenvalue weighted by Gasteiger charge is -2.15. The zero-order valence-corrected chi connectivity index (χ0v) is 12.9. The second-order valence-electron chi connectivity index (χ2n) is 4.39. The molecule has 0 aliphatic carbocycles. The van der Waals surface area contributed by atoms with Gasteiger partial charge in [0.1, 0.15) is 0 Å². The first-order chi connectivity index (χ1) is 10.6. The van der Waals surface area contributed by atoms with E-state index in [4.69, 9.17) is 18.9 Å². The Bertz CT molecular complexity index is 636. The van der Waals surface area contributed by atoms with E-state index in [0.29, 0.717) is 28.6 Å². The van der Waals surface area contributed by atoms with E-state index in [1.165, 1.54) is 34.5 Å². The van der Waals surface area contributed by atoms with Crippen LogP contribution < -0.4 is 24.3 Å². The quantitative estimate of drug-likeness (QED) is 0.883. The van der Waals surface area contributed by atoms with E-state index in [1.807, 2.05) is 0 Å². The van der Waals surface area contributed by atoms with Crippen LogP contribution in [0.4, 0.5) is 15.8 Å². The predicted octanol–water partition coefficient (Wildman–Crippen LogP) is 3.60. The fourth-order valence-corrected chi connectivity index (χ4v) is 2.06. The number of methoxy groups -OCH3 is 4. The van der Waals surface area contributed by atoms with Crippen molar-refractivity contribution >= 4 is 11.4 Å². The number of benzene rings is 2. The van der Waals surface area contributed by atoms with E-state index < -0.39 is 5.82 Å². The summed E-state index contributed by atoms with van der Waals surface area (Å²) in [5.41, 5.74) is 1.26. The molecule has 0 bridgehead atoms. The smallest absolute Gasteiger partial charge is 0.203 e. The van der Waals surface area contributed by atoms with E-state index >= 15 is 0 Å². The fourth-order valence-electron chi connectivity index (χ4n) is 2.06. The SMILES string of the molecule is COc1ccc(Nc2cc(OC)c(OC)c(OC)c2)cc1F. The maximum Gasteiger partial charge on any atom is 0.203 e. The van der Waals surface area contributed by atoms with E-state index in [1.54, 1.807) is 24.3 Å². The summed E-state index contributed by atoms with van der Waals surface area (Å²) < 4.78 is 34.4. The second-order valence-corrected chi connectivity index (χ2v) is 4.39. The lowest BCUT2D eigenvalue weighted by atomic mass is 10.2. The average Bonchev–Trinajstić information content (AvgIpc) is 2.54. The van der Waals surface area contributed by atoms with Gasteiger partial charge < -0.3 is 24.3 Å². The minimum atomic E-state index is -0.444. The molecule has 22 heavy (non-hydrogen) atoms. The van der Waals surface area contributed by atoms with Crippen molar-refractivity contribution in [1.82, 2.24) is 0 Å². The Balaban J connectivity index is 2.35. The lowest BCUT2D eigenvalue weighted by Crippen LogP contribution is -1.98. The van der Waals surface area contributed by atoms with Crippen LogP contribution in [0.5, 0.6) is 23.0 Å². The molecule has 0 heterocycles. The maximum atomic E-state index is 13.7. The topological polar surface area (TPSA) is 49.0 Å². The molecule has 1 N–H and O–H groups in total. The Hall–Kier alpha value is -2.63. The summed E-state index contributed by atoms with van der Waals surface area (Å²) in [6.45, 7) is 0. The van der Waals surface area contributed by atoms with Crippen molar-refractivity contribution in [3.05, 3.63) is 36.1 Å². The van der Waals surface area contributed by atoms with Crippen molar-refractivity contribution in [3.63, 3.8) is 0 Å². The van der Waals surface area contributed by atoms with Crippen molar-refractivity contribution in [1.29, 1.82) is 0 Å². The van der Waals surface area contributed by atoms with Gasteiger partial charge in [0.25, 0.3) is 0 Å². The van der Waals surface area contributed by atoms with Crippen LogP contribution in [0.25, 0.3) is 0 Å². The first-order valence-electron chi connectivity index (χ1n) is 6.53. The first kappa shape index (κ1) is 15.8. The first-order valence-corrected chi connectivity index (χ1v) is 6.53. The van der Waals surface area contributed by atoms with E-state index in [2.05, 4.69) is 5.32 Å². The number of nitrogens with one attached hydrogen (secondary N) is 1. The van der Waals surface area contributed by atoms with Crippen LogP contribution >= 0.6 is 0 Å². The molecule has 0 aliphatic rings. The fraction of sp³-hybridized carbons (Fsp3) is 0.250. The monoisotopic (exact) mass is 307 g/mol.